The molecule has 2 saturated heterocycles. The number of likely N-dealkylation sites (tertiary alicyclic amines) is 1. The zero-order valence-electron chi connectivity index (χ0n) is 16.2. The van der Waals surface area contributed by atoms with Gasteiger partial charge >= 0.3 is 0 Å². The second kappa shape index (κ2) is 7.55. The second-order valence-electron chi connectivity index (χ2n) is 8.16. The van der Waals surface area contributed by atoms with E-state index >= 15 is 0 Å². The van der Waals surface area contributed by atoms with Crippen molar-refractivity contribution in [3.8, 4) is 17.2 Å². The van der Waals surface area contributed by atoms with Gasteiger partial charge in [-0.3, -0.25) is 0 Å². The van der Waals surface area contributed by atoms with E-state index in [1.54, 1.807) is 6.07 Å². The van der Waals surface area contributed by atoms with Gasteiger partial charge in [-0.05, 0) is 74.5 Å². The lowest BCUT2D eigenvalue weighted by Crippen LogP contribution is -2.47. The van der Waals surface area contributed by atoms with Gasteiger partial charge in [0.1, 0.15) is 5.75 Å². The average Bonchev–Trinajstić information content (AvgIpc) is 3.22. The van der Waals surface area contributed by atoms with Gasteiger partial charge < -0.3 is 24.4 Å². The molecule has 0 atom stereocenters. The number of ether oxygens (including phenoxy) is 2. The molecule has 0 spiro atoms. The highest BCUT2D eigenvalue weighted by atomic mass is 16.7. The van der Waals surface area contributed by atoms with Crippen LogP contribution in [0.25, 0.3) is 0 Å². The Balaban J connectivity index is 1.15. The Labute approximate surface area is 166 Å². The van der Waals surface area contributed by atoms with Crippen LogP contribution in [0.4, 0.5) is 5.69 Å². The maximum absolute atomic E-state index is 9.74. The maximum atomic E-state index is 9.74. The number of nitrogens with zero attached hydrogens (tertiary/aromatic N) is 2. The molecule has 0 radical (unpaired) electrons. The van der Waals surface area contributed by atoms with Crippen molar-refractivity contribution in [2.75, 3.05) is 37.9 Å². The summed E-state index contributed by atoms with van der Waals surface area (Å²) in [4.78, 5) is 5.16. The number of benzene rings is 2. The van der Waals surface area contributed by atoms with Crippen LogP contribution in [-0.4, -0.2) is 49.0 Å². The van der Waals surface area contributed by atoms with Crippen molar-refractivity contribution in [2.45, 2.75) is 37.6 Å². The first-order valence-electron chi connectivity index (χ1n) is 10.4. The normalized spacial score (nSPS) is 21.2. The first kappa shape index (κ1) is 17.7. The Morgan fingerprint density at radius 1 is 0.821 bits per heavy atom. The van der Waals surface area contributed by atoms with Crippen molar-refractivity contribution in [1.29, 1.82) is 0 Å². The summed E-state index contributed by atoms with van der Waals surface area (Å²) in [6.07, 6.45) is 4.80. The van der Waals surface area contributed by atoms with Crippen molar-refractivity contribution >= 4 is 5.69 Å². The van der Waals surface area contributed by atoms with E-state index in [4.69, 9.17) is 9.47 Å². The van der Waals surface area contributed by atoms with Crippen LogP contribution >= 0.6 is 0 Å². The van der Waals surface area contributed by atoms with E-state index in [1.165, 1.54) is 36.9 Å². The van der Waals surface area contributed by atoms with Gasteiger partial charge in [0.15, 0.2) is 11.5 Å². The van der Waals surface area contributed by atoms with Crippen LogP contribution in [0.5, 0.6) is 17.2 Å². The van der Waals surface area contributed by atoms with Crippen LogP contribution < -0.4 is 14.4 Å². The van der Waals surface area contributed by atoms with Gasteiger partial charge in [0, 0.05) is 30.9 Å². The summed E-state index contributed by atoms with van der Waals surface area (Å²) in [6, 6.07) is 14.8. The van der Waals surface area contributed by atoms with Crippen LogP contribution in [0.2, 0.25) is 0 Å². The summed E-state index contributed by atoms with van der Waals surface area (Å²) in [5, 5.41) is 9.74. The van der Waals surface area contributed by atoms with E-state index in [0.717, 1.165) is 37.7 Å². The Bertz CT molecular complexity index is 824. The van der Waals surface area contributed by atoms with Gasteiger partial charge in [-0.15, -0.1) is 0 Å². The molecule has 3 aliphatic rings. The Kier molecular flexibility index (Phi) is 4.77. The number of phenols is 1. The second-order valence-corrected chi connectivity index (χ2v) is 8.16. The van der Waals surface area contributed by atoms with E-state index in [0.29, 0.717) is 24.5 Å². The van der Waals surface area contributed by atoms with Crippen LogP contribution in [0.3, 0.4) is 0 Å². The lowest BCUT2D eigenvalue weighted by Gasteiger charge is -2.42. The van der Waals surface area contributed by atoms with Crippen molar-refractivity contribution < 1.29 is 14.6 Å². The topological polar surface area (TPSA) is 45.2 Å². The molecule has 3 heterocycles. The van der Waals surface area contributed by atoms with Crippen LogP contribution in [-0.2, 0) is 0 Å². The van der Waals surface area contributed by atoms with Gasteiger partial charge in [-0.2, -0.15) is 0 Å². The Hall–Kier alpha value is -2.40. The molecule has 3 aliphatic heterocycles. The molecule has 2 aromatic rings. The number of piperidine rings is 2. The molecule has 0 aromatic heterocycles. The average molecular weight is 380 g/mol. The molecule has 0 amide bonds. The number of hydrogen-bond acceptors (Lipinski definition) is 5. The molecule has 0 saturated carbocycles. The number of hydrogen-bond donors (Lipinski definition) is 1. The van der Waals surface area contributed by atoms with Crippen molar-refractivity contribution in [3.63, 3.8) is 0 Å². The van der Waals surface area contributed by atoms with Gasteiger partial charge in [-0.25, -0.2) is 0 Å². The molecule has 0 aliphatic carbocycles. The molecule has 1 N–H and O–H groups in total. The highest BCUT2D eigenvalue weighted by Gasteiger charge is 2.29. The van der Waals surface area contributed by atoms with Gasteiger partial charge in [0.25, 0.3) is 0 Å². The predicted molar refractivity (Wildman–Crippen MR) is 109 cm³/mol. The molecule has 0 unspecified atom stereocenters. The third-order valence-corrected chi connectivity index (χ3v) is 6.57. The number of phenolic OH excluding ortho intramolecular Hbond substituents is 1. The molecule has 5 nitrogen and oxygen atoms in total. The summed E-state index contributed by atoms with van der Waals surface area (Å²) in [6.45, 7) is 4.84. The molecule has 2 fully saturated rings. The fourth-order valence-electron chi connectivity index (χ4n) is 4.95. The van der Waals surface area contributed by atoms with Crippen molar-refractivity contribution in [2.24, 2.45) is 0 Å². The van der Waals surface area contributed by atoms with Crippen molar-refractivity contribution in [1.82, 2.24) is 4.90 Å². The Morgan fingerprint density at radius 2 is 1.61 bits per heavy atom. The fraction of sp³-hybridized carbons (Fsp3) is 0.478. The molecule has 148 valence electrons. The minimum absolute atomic E-state index is 0.333. The molecular weight excluding hydrogens is 352 g/mol. The SMILES string of the molecule is Oc1cccc(C2CCN(C3CCN(c4ccc5c(c4)OCO5)CC3)CC2)c1. The number of fused-ring (bicyclic) bond motifs is 1. The monoisotopic (exact) mass is 380 g/mol. The third-order valence-electron chi connectivity index (χ3n) is 6.57. The fourth-order valence-corrected chi connectivity index (χ4v) is 4.95. The summed E-state index contributed by atoms with van der Waals surface area (Å²) in [7, 11) is 0. The van der Waals surface area contributed by atoms with Gasteiger partial charge in [0.2, 0.25) is 6.79 Å². The molecule has 0 bridgehead atoms. The van der Waals surface area contributed by atoms with E-state index < -0.39 is 0 Å². The van der Waals surface area contributed by atoms with Crippen LogP contribution in [0, 0.1) is 0 Å². The minimum atomic E-state index is 0.333. The number of aromatic hydroxyl groups is 1. The van der Waals surface area contributed by atoms with Crippen LogP contribution in [0.15, 0.2) is 42.5 Å². The molecule has 5 heteroatoms. The summed E-state index contributed by atoms with van der Waals surface area (Å²) >= 11 is 0. The smallest absolute Gasteiger partial charge is 0.231 e. The maximum Gasteiger partial charge on any atom is 0.231 e. The van der Waals surface area contributed by atoms with Crippen LogP contribution in [0.1, 0.15) is 37.2 Å². The largest absolute Gasteiger partial charge is 0.508 e. The predicted octanol–water partition coefficient (Wildman–Crippen LogP) is 3.97. The minimum Gasteiger partial charge on any atom is -0.508 e. The highest BCUT2D eigenvalue weighted by Crippen LogP contribution is 2.37. The van der Waals surface area contributed by atoms with Gasteiger partial charge in [0.05, 0.1) is 0 Å². The van der Waals surface area contributed by atoms with E-state index in [1.807, 2.05) is 18.2 Å². The molecular formula is C23H28N2O3. The quantitative estimate of drug-likeness (QED) is 0.873. The molecule has 28 heavy (non-hydrogen) atoms. The molecule has 5 rings (SSSR count). The van der Waals surface area contributed by atoms with Crippen molar-refractivity contribution in [3.05, 3.63) is 48.0 Å². The summed E-state index contributed by atoms with van der Waals surface area (Å²) < 4.78 is 11.0. The van der Waals surface area contributed by atoms with Gasteiger partial charge in [-0.1, -0.05) is 12.1 Å². The van der Waals surface area contributed by atoms with E-state index in [2.05, 4.69) is 28.0 Å². The summed E-state index contributed by atoms with van der Waals surface area (Å²) in [5.74, 6) is 2.69. The Morgan fingerprint density at radius 3 is 2.39 bits per heavy atom. The number of rotatable bonds is 3. The lowest BCUT2D eigenvalue weighted by atomic mass is 9.88. The lowest BCUT2D eigenvalue weighted by molar-refractivity contribution is 0.132. The zero-order chi connectivity index (χ0) is 18.9. The first-order chi connectivity index (χ1) is 13.8. The van der Waals surface area contributed by atoms with E-state index in [9.17, 15) is 5.11 Å². The molecule has 2 aromatic carbocycles. The first-order valence-corrected chi connectivity index (χ1v) is 10.4. The summed E-state index contributed by atoms with van der Waals surface area (Å²) in [5.41, 5.74) is 2.53. The van der Waals surface area contributed by atoms with E-state index in [-0.39, 0.29) is 0 Å². The highest BCUT2D eigenvalue weighted by molar-refractivity contribution is 5.57. The standard InChI is InChI=1S/C23H28N2O3/c26-21-3-1-2-18(14-21)17-6-10-24(11-7-17)19-8-12-25(13-9-19)20-4-5-22-23(15-20)28-16-27-22/h1-5,14-15,17,19,26H,6-13,16H2. The zero-order valence-corrected chi connectivity index (χ0v) is 16.2. The third kappa shape index (κ3) is 3.51. The number of anilines is 1.